The van der Waals surface area contributed by atoms with Crippen LogP contribution in [0.4, 0.5) is 0 Å². The SMILES string of the molecule is Cc1cc(C(N)c2cccc(C)c2I)sc1Cl. The Hall–Kier alpha value is -0.100. The Kier molecular flexibility index (Phi) is 4.13. The van der Waals surface area contributed by atoms with Gasteiger partial charge >= 0.3 is 0 Å². The van der Waals surface area contributed by atoms with Gasteiger partial charge in [-0.05, 0) is 59.2 Å². The number of hydrogen-bond acceptors (Lipinski definition) is 2. The predicted molar refractivity (Wildman–Crippen MR) is 84.0 cm³/mol. The van der Waals surface area contributed by atoms with Crippen molar-refractivity contribution in [3.63, 3.8) is 0 Å². The highest BCUT2D eigenvalue weighted by Gasteiger charge is 2.16. The van der Waals surface area contributed by atoms with E-state index in [0.29, 0.717) is 0 Å². The molecule has 2 aromatic rings. The average Bonchev–Trinajstić information content (AvgIpc) is 2.62. The Balaban J connectivity index is 2.43. The molecule has 1 heterocycles. The molecule has 0 saturated carbocycles. The van der Waals surface area contributed by atoms with Crippen LogP contribution in [-0.4, -0.2) is 0 Å². The third-order valence-corrected chi connectivity index (χ3v) is 5.85. The number of aryl methyl sites for hydroxylation is 2. The van der Waals surface area contributed by atoms with Crippen molar-refractivity contribution in [2.75, 3.05) is 0 Å². The highest BCUT2D eigenvalue weighted by atomic mass is 127. The summed E-state index contributed by atoms with van der Waals surface area (Å²) in [6.07, 6.45) is 0. The van der Waals surface area contributed by atoms with Crippen molar-refractivity contribution < 1.29 is 0 Å². The van der Waals surface area contributed by atoms with Crippen molar-refractivity contribution >= 4 is 45.5 Å². The van der Waals surface area contributed by atoms with Gasteiger partial charge in [0.25, 0.3) is 0 Å². The van der Waals surface area contributed by atoms with Gasteiger partial charge in [0.2, 0.25) is 0 Å². The maximum Gasteiger partial charge on any atom is 0.0961 e. The lowest BCUT2D eigenvalue weighted by Crippen LogP contribution is -2.12. The van der Waals surface area contributed by atoms with E-state index in [1.807, 2.05) is 6.92 Å². The minimum atomic E-state index is -0.0852. The van der Waals surface area contributed by atoms with E-state index in [1.54, 1.807) is 11.3 Å². The van der Waals surface area contributed by atoms with Crippen LogP contribution in [0.3, 0.4) is 0 Å². The molecule has 0 spiro atoms. The van der Waals surface area contributed by atoms with E-state index in [2.05, 4.69) is 53.8 Å². The standard InChI is InChI=1S/C13H13ClINS/c1-7-4-3-5-9(11(7)15)12(16)10-6-8(2)13(14)17-10/h3-6,12H,16H2,1-2H3. The van der Waals surface area contributed by atoms with Crippen molar-refractivity contribution in [1.82, 2.24) is 0 Å². The van der Waals surface area contributed by atoms with Crippen LogP contribution in [0.1, 0.15) is 27.6 Å². The monoisotopic (exact) mass is 377 g/mol. The van der Waals surface area contributed by atoms with Gasteiger partial charge in [-0.25, -0.2) is 0 Å². The molecule has 4 heteroatoms. The summed E-state index contributed by atoms with van der Waals surface area (Å²) in [5, 5.41) is 0. The Labute approximate surface area is 124 Å². The van der Waals surface area contributed by atoms with Gasteiger partial charge in [-0.15, -0.1) is 11.3 Å². The zero-order chi connectivity index (χ0) is 12.6. The lowest BCUT2D eigenvalue weighted by Gasteiger charge is -2.13. The van der Waals surface area contributed by atoms with Crippen LogP contribution >= 0.6 is 45.5 Å². The number of benzene rings is 1. The number of rotatable bonds is 2. The third-order valence-electron chi connectivity index (χ3n) is 2.74. The molecule has 1 aromatic carbocycles. The molecule has 2 N–H and O–H groups in total. The summed E-state index contributed by atoms with van der Waals surface area (Å²) in [7, 11) is 0. The van der Waals surface area contributed by atoms with Crippen LogP contribution in [0.2, 0.25) is 4.34 Å². The van der Waals surface area contributed by atoms with Crippen LogP contribution in [0, 0.1) is 17.4 Å². The maximum absolute atomic E-state index is 6.32. The fourth-order valence-corrected chi connectivity index (χ4v) is 3.63. The summed E-state index contributed by atoms with van der Waals surface area (Å²) in [4.78, 5) is 1.12. The quantitative estimate of drug-likeness (QED) is 0.756. The minimum Gasteiger partial charge on any atom is -0.320 e. The van der Waals surface area contributed by atoms with E-state index in [4.69, 9.17) is 17.3 Å². The molecule has 0 fully saturated rings. The first-order valence-electron chi connectivity index (χ1n) is 5.27. The predicted octanol–water partition coefficient (Wildman–Crippen LogP) is 4.67. The van der Waals surface area contributed by atoms with Crippen molar-refractivity contribution in [3.8, 4) is 0 Å². The molecule has 0 saturated heterocycles. The highest BCUT2D eigenvalue weighted by Crippen LogP contribution is 2.34. The van der Waals surface area contributed by atoms with Crippen LogP contribution in [0.25, 0.3) is 0 Å². The Morgan fingerprint density at radius 2 is 2.00 bits per heavy atom. The second kappa shape index (κ2) is 5.26. The average molecular weight is 378 g/mol. The van der Waals surface area contributed by atoms with Gasteiger partial charge < -0.3 is 5.73 Å². The van der Waals surface area contributed by atoms with E-state index in [9.17, 15) is 0 Å². The van der Waals surface area contributed by atoms with E-state index >= 15 is 0 Å². The zero-order valence-corrected chi connectivity index (χ0v) is 13.4. The maximum atomic E-state index is 6.32. The number of hydrogen-bond donors (Lipinski definition) is 1. The summed E-state index contributed by atoms with van der Waals surface area (Å²) in [5.74, 6) is 0. The summed E-state index contributed by atoms with van der Waals surface area (Å²) in [5.41, 5.74) is 9.85. The van der Waals surface area contributed by atoms with E-state index in [1.165, 1.54) is 14.7 Å². The topological polar surface area (TPSA) is 26.0 Å². The first kappa shape index (κ1) is 13.3. The molecule has 0 amide bonds. The Morgan fingerprint density at radius 3 is 2.59 bits per heavy atom. The molecule has 0 bridgehead atoms. The molecule has 1 unspecified atom stereocenters. The summed E-state index contributed by atoms with van der Waals surface area (Å²) in [6, 6.07) is 8.23. The number of halogens is 2. The molecule has 2 rings (SSSR count). The fraction of sp³-hybridized carbons (Fsp3) is 0.231. The molecule has 0 radical (unpaired) electrons. The summed E-state index contributed by atoms with van der Waals surface area (Å²) in [6.45, 7) is 4.11. The lowest BCUT2D eigenvalue weighted by atomic mass is 10.0. The Morgan fingerprint density at radius 1 is 1.29 bits per heavy atom. The van der Waals surface area contributed by atoms with Gasteiger partial charge in [0.15, 0.2) is 0 Å². The van der Waals surface area contributed by atoms with Crippen molar-refractivity contribution in [2.45, 2.75) is 19.9 Å². The van der Waals surface area contributed by atoms with Gasteiger partial charge in [0.05, 0.1) is 10.4 Å². The molecule has 1 aromatic heterocycles. The Bertz CT molecular complexity index is 531. The van der Waals surface area contributed by atoms with E-state index < -0.39 is 0 Å². The minimum absolute atomic E-state index is 0.0852. The lowest BCUT2D eigenvalue weighted by molar-refractivity contribution is 0.883. The summed E-state index contributed by atoms with van der Waals surface area (Å²) >= 11 is 10.0. The molecule has 1 atom stereocenters. The van der Waals surface area contributed by atoms with Crippen molar-refractivity contribution in [1.29, 1.82) is 0 Å². The van der Waals surface area contributed by atoms with Gasteiger partial charge in [-0.1, -0.05) is 29.8 Å². The van der Waals surface area contributed by atoms with Crippen LogP contribution in [0.15, 0.2) is 24.3 Å². The van der Waals surface area contributed by atoms with E-state index in [0.717, 1.165) is 14.8 Å². The highest BCUT2D eigenvalue weighted by molar-refractivity contribution is 14.1. The van der Waals surface area contributed by atoms with Crippen LogP contribution in [0.5, 0.6) is 0 Å². The van der Waals surface area contributed by atoms with Crippen molar-refractivity contribution in [2.24, 2.45) is 5.73 Å². The molecule has 17 heavy (non-hydrogen) atoms. The molecule has 90 valence electrons. The van der Waals surface area contributed by atoms with Crippen LogP contribution < -0.4 is 5.73 Å². The molecular formula is C13H13ClINS. The number of nitrogens with two attached hydrogens (primary N) is 1. The van der Waals surface area contributed by atoms with Gasteiger partial charge in [-0.3, -0.25) is 0 Å². The zero-order valence-electron chi connectivity index (χ0n) is 9.63. The molecule has 0 aliphatic rings. The summed E-state index contributed by atoms with van der Waals surface area (Å²) < 4.78 is 2.07. The van der Waals surface area contributed by atoms with Crippen molar-refractivity contribution in [3.05, 3.63) is 53.7 Å². The molecule has 0 aliphatic carbocycles. The first-order chi connectivity index (χ1) is 8.00. The second-order valence-electron chi connectivity index (χ2n) is 4.06. The largest absolute Gasteiger partial charge is 0.320 e. The molecule has 0 aliphatic heterocycles. The van der Waals surface area contributed by atoms with Gasteiger partial charge in [0, 0.05) is 8.45 Å². The smallest absolute Gasteiger partial charge is 0.0961 e. The second-order valence-corrected chi connectivity index (χ2v) is 6.83. The normalized spacial score (nSPS) is 12.8. The molecule has 1 nitrogen and oxygen atoms in total. The van der Waals surface area contributed by atoms with Crippen LogP contribution in [-0.2, 0) is 0 Å². The van der Waals surface area contributed by atoms with Gasteiger partial charge in [-0.2, -0.15) is 0 Å². The molecular weight excluding hydrogens is 365 g/mol. The number of thiophene rings is 1. The first-order valence-corrected chi connectivity index (χ1v) is 7.54. The van der Waals surface area contributed by atoms with E-state index in [-0.39, 0.29) is 6.04 Å². The fourth-order valence-electron chi connectivity index (χ4n) is 1.70. The third kappa shape index (κ3) is 2.67. The van der Waals surface area contributed by atoms with Gasteiger partial charge in [0.1, 0.15) is 0 Å².